The van der Waals surface area contributed by atoms with Gasteiger partial charge in [-0.05, 0) is 37.3 Å². The van der Waals surface area contributed by atoms with Crippen LogP contribution in [0.4, 0.5) is 13.2 Å². The quantitative estimate of drug-likeness (QED) is 0.608. The first kappa shape index (κ1) is 27.1. The van der Waals surface area contributed by atoms with Gasteiger partial charge in [-0.25, -0.2) is 4.52 Å². The van der Waals surface area contributed by atoms with Crippen molar-refractivity contribution in [3.05, 3.63) is 33.6 Å². The summed E-state index contributed by atoms with van der Waals surface area (Å²) < 4.78 is 41.0. The fourth-order valence-corrected chi connectivity index (χ4v) is 4.40. The number of halogens is 4. The molecule has 2 aromatic heterocycles. The second-order valence-corrected chi connectivity index (χ2v) is 9.00. The lowest BCUT2D eigenvalue weighted by Crippen LogP contribution is -2.50. The molecule has 7 nitrogen and oxygen atoms in total. The third-order valence-corrected chi connectivity index (χ3v) is 6.25. The zero-order valence-corrected chi connectivity index (χ0v) is 19.5. The summed E-state index contributed by atoms with van der Waals surface area (Å²) in [5.74, 6) is -0.278. The number of nitrogens with one attached hydrogen (secondary N) is 1. The van der Waals surface area contributed by atoms with Crippen LogP contribution in [0.15, 0.2) is 16.6 Å². The number of aliphatic hydroxyl groups is 1. The molecule has 2 amide bonds. The molecule has 33 heavy (non-hydrogen) atoms. The van der Waals surface area contributed by atoms with E-state index in [2.05, 4.69) is 33.3 Å². The minimum absolute atomic E-state index is 0. The number of aliphatic hydroxyl groups excluding tert-OH is 1. The van der Waals surface area contributed by atoms with E-state index < -0.39 is 17.8 Å². The summed E-state index contributed by atoms with van der Waals surface area (Å²) in [7, 11) is 0. The SMILES string of the molecule is C.CC1CCC[C@H]1O.CCc1c(C(=O)N2CCNC(=O)C2)nn2c(C(F)(F)F)cc(Br)cc12. The Bertz CT molecular complexity index is 1000. The van der Waals surface area contributed by atoms with Crippen LogP contribution in [0.2, 0.25) is 0 Å². The van der Waals surface area contributed by atoms with E-state index in [4.69, 9.17) is 5.11 Å². The van der Waals surface area contributed by atoms with Crippen molar-refractivity contribution in [1.82, 2.24) is 19.8 Å². The Morgan fingerprint density at radius 3 is 2.52 bits per heavy atom. The Hall–Kier alpha value is -2.14. The summed E-state index contributed by atoms with van der Waals surface area (Å²) in [4.78, 5) is 25.5. The lowest BCUT2D eigenvalue weighted by atomic mass is 10.1. The molecular formula is C22H30BrF3N4O3. The molecule has 1 saturated carbocycles. The van der Waals surface area contributed by atoms with Gasteiger partial charge in [-0.3, -0.25) is 9.59 Å². The Morgan fingerprint density at radius 2 is 2.03 bits per heavy atom. The van der Waals surface area contributed by atoms with Crippen molar-refractivity contribution >= 4 is 33.3 Å². The monoisotopic (exact) mass is 534 g/mol. The number of piperazine rings is 1. The first-order valence-electron chi connectivity index (χ1n) is 10.5. The number of hydrogen-bond acceptors (Lipinski definition) is 4. The number of alkyl halides is 3. The predicted octanol–water partition coefficient (Wildman–Crippen LogP) is 4.05. The van der Waals surface area contributed by atoms with Crippen LogP contribution < -0.4 is 5.32 Å². The number of aromatic nitrogens is 2. The van der Waals surface area contributed by atoms with Gasteiger partial charge in [0.05, 0.1) is 18.2 Å². The predicted molar refractivity (Wildman–Crippen MR) is 122 cm³/mol. The molecule has 1 saturated heterocycles. The molecule has 2 N–H and O–H groups in total. The molecule has 4 rings (SSSR count). The van der Waals surface area contributed by atoms with Crippen molar-refractivity contribution in [2.75, 3.05) is 19.6 Å². The van der Waals surface area contributed by atoms with Crippen LogP contribution in [0.1, 0.15) is 62.3 Å². The molecule has 2 fully saturated rings. The van der Waals surface area contributed by atoms with Gasteiger partial charge in [0.2, 0.25) is 5.91 Å². The summed E-state index contributed by atoms with van der Waals surface area (Å²) in [6.07, 6.45) is -0.798. The highest BCUT2D eigenvalue weighted by Gasteiger charge is 2.36. The van der Waals surface area contributed by atoms with Crippen molar-refractivity contribution in [3.8, 4) is 0 Å². The van der Waals surface area contributed by atoms with E-state index in [-0.39, 0.29) is 48.2 Å². The largest absolute Gasteiger partial charge is 0.433 e. The van der Waals surface area contributed by atoms with Crippen molar-refractivity contribution < 1.29 is 27.9 Å². The van der Waals surface area contributed by atoms with E-state index in [1.807, 2.05) is 0 Å². The maximum Gasteiger partial charge on any atom is 0.433 e. The van der Waals surface area contributed by atoms with Gasteiger partial charge in [-0.1, -0.05) is 43.6 Å². The van der Waals surface area contributed by atoms with Crippen molar-refractivity contribution in [3.63, 3.8) is 0 Å². The van der Waals surface area contributed by atoms with E-state index in [1.54, 1.807) is 6.92 Å². The smallest absolute Gasteiger partial charge is 0.393 e. The number of aryl methyl sites for hydroxylation is 1. The average Bonchev–Trinajstić information content (AvgIpc) is 3.28. The lowest BCUT2D eigenvalue weighted by molar-refractivity contribution is -0.142. The number of hydrogen-bond donors (Lipinski definition) is 2. The Balaban J connectivity index is 0.000000413. The maximum absolute atomic E-state index is 13.3. The summed E-state index contributed by atoms with van der Waals surface area (Å²) >= 11 is 3.08. The molecule has 11 heteroatoms. The maximum atomic E-state index is 13.3. The van der Waals surface area contributed by atoms with Gasteiger partial charge in [-0.2, -0.15) is 18.3 Å². The van der Waals surface area contributed by atoms with Crippen molar-refractivity contribution in [2.24, 2.45) is 5.92 Å². The molecule has 0 aromatic carbocycles. The fourth-order valence-electron chi connectivity index (χ4n) is 3.97. The number of nitrogens with zero attached hydrogens (tertiary/aromatic N) is 3. The highest BCUT2D eigenvalue weighted by molar-refractivity contribution is 9.10. The topological polar surface area (TPSA) is 86.9 Å². The number of carbonyl (C=O) groups is 2. The third-order valence-electron chi connectivity index (χ3n) is 5.79. The Kier molecular flexibility index (Phi) is 8.92. The second kappa shape index (κ2) is 10.9. The van der Waals surface area contributed by atoms with Gasteiger partial charge in [0, 0.05) is 23.1 Å². The van der Waals surface area contributed by atoms with Crippen molar-refractivity contribution in [1.29, 1.82) is 0 Å². The minimum atomic E-state index is -4.62. The second-order valence-electron chi connectivity index (χ2n) is 8.09. The molecule has 3 heterocycles. The molecule has 2 atom stereocenters. The van der Waals surface area contributed by atoms with Gasteiger partial charge in [-0.15, -0.1) is 0 Å². The van der Waals surface area contributed by atoms with Gasteiger partial charge in [0.25, 0.3) is 5.91 Å². The molecule has 184 valence electrons. The van der Waals surface area contributed by atoms with Crippen LogP contribution in [-0.2, 0) is 17.4 Å². The summed E-state index contributed by atoms with van der Waals surface area (Å²) in [6, 6.07) is 2.42. The molecule has 0 spiro atoms. The summed E-state index contributed by atoms with van der Waals surface area (Å²) in [6.45, 7) is 4.31. The average molecular weight is 535 g/mol. The zero-order chi connectivity index (χ0) is 23.6. The highest BCUT2D eigenvalue weighted by Crippen LogP contribution is 2.33. The van der Waals surface area contributed by atoms with Crippen LogP contribution in [-0.4, -0.2) is 57.2 Å². The molecule has 0 bridgehead atoms. The molecule has 1 aliphatic carbocycles. The number of amides is 2. The Morgan fingerprint density at radius 1 is 1.33 bits per heavy atom. The van der Waals surface area contributed by atoms with Gasteiger partial charge < -0.3 is 15.3 Å². The van der Waals surface area contributed by atoms with Crippen LogP contribution in [0, 0.1) is 5.92 Å². The van der Waals surface area contributed by atoms with Crippen molar-refractivity contribution in [2.45, 2.75) is 59.2 Å². The van der Waals surface area contributed by atoms with E-state index in [9.17, 15) is 22.8 Å². The number of fused-ring (bicyclic) bond motifs is 1. The molecular weight excluding hydrogens is 505 g/mol. The van der Waals surface area contributed by atoms with Gasteiger partial charge >= 0.3 is 6.18 Å². The zero-order valence-electron chi connectivity index (χ0n) is 17.9. The number of rotatable bonds is 2. The van der Waals surface area contributed by atoms with Crippen LogP contribution in [0.3, 0.4) is 0 Å². The molecule has 2 aromatic rings. The molecule has 0 radical (unpaired) electrons. The summed E-state index contributed by atoms with van der Waals surface area (Å²) in [5.41, 5.74) is -0.389. The standard InChI is InChI=1S/C15H14BrF3N4O2.C6H12O.CH4/c1-2-9-10-5-8(16)6-11(15(17,18)19)23(10)21-13(9)14(25)22-4-3-20-12(24)7-22;1-5-3-2-4-6(5)7;/h5-6H,2-4,7H2,1H3,(H,20,24);5-7H,2-4H2,1H3;1H4/t;5?,6-;/m.1./s1. The molecule has 2 aliphatic rings. The lowest BCUT2D eigenvalue weighted by Gasteiger charge is -2.26. The van der Waals surface area contributed by atoms with E-state index in [1.165, 1.54) is 23.8 Å². The first-order chi connectivity index (χ1) is 15.0. The van der Waals surface area contributed by atoms with E-state index in [0.29, 0.717) is 24.4 Å². The number of carbonyl (C=O) groups excluding carboxylic acids is 2. The van der Waals surface area contributed by atoms with Gasteiger partial charge in [0.1, 0.15) is 5.69 Å². The van der Waals surface area contributed by atoms with Gasteiger partial charge in [0.15, 0.2) is 5.69 Å². The first-order valence-corrected chi connectivity index (χ1v) is 11.3. The van der Waals surface area contributed by atoms with Crippen LogP contribution in [0.25, 0.3) is 5.52 Å². The molecule has 1 aliphatic heterocycles. The fraction of sp³-hybridized carbons (Fsp3) is 0.591. The van der Waals surface area contributed by atoms with E-state index in [0.717, 1.165) is 17.0 Å². The van der Waals surface area contributed by atoms with E-state index >= 15 is 0 Å². The highest BCUT2D eigenvalue weighted by atomic mass is 79.9. The summed E-state index contributed by atoms with van der Waals surface area (Å²) in [5, 5.41) is 15.5. The van der Waals surface area contributed by atoms with Crippen LogP contribution >= 0.6 is 15.9 Å². The Labute approximate surface area is 199 Å². The molecule has 1 unspecified atom stereocenters. The van der Waals surface area contributed by atoms with Crippen LogP contribution in [0.5, 0.6) is 0 Å². The minimum Gasteiger partial charge on any atom is -0.393 e. The normalized spacial score (nSPS) is 20.7. The number of pyridine rings is 1. The third kappa shape index (κ3) is 6.06.